The molecule has 8 heteroatoms. The fourth-order valence-electron chi connectivity index (χ4n) is 3.44. The van der Waals surface area contributed by atoms with Crippen LogP contribution < -0.4 is 10.7 Å². The van der Waals surface area contributed by atoms with E-state index in [0.717, 1.165) is 34.2 Å². The van der Waals surface area contributed by atoms with Crippen LogP contribution in [0.25, 0.3) is 0 Å². The first-order chi connectivity index (χ1) is 14.5. The van der Waals surface area contributed by atoms with Crippen LogP contribution in [-0.2, 0) is 13.0 Å². The minimum Gasteiger partial charge on any atom is -0.467 e. The van der Waals surface area contributed by atoms with Crippen LogP contribution in [0.5, 0.6) is 0 Å². The first-order valence-electron chi connectivity index (χ1n) is 9.58. The Morgan fingerprint density at radius 2 is 1.93 bits per heavy atom. The molecule has 1 aliphatic carbocycles. The Bertz CT molecular complexity index is 1100. The van der Waals surface area contributed by atoms with Crippen molar-refractivity contribution in [2.45, 2.75) is 32.7 Å². The van der Waals surface area contributed by atoms with Crippen molar-refractivity contribution in [2.75, 3.05) is 0 Å². The summed E-state index contributed by atoms with van der Waals surface area (Å²) in [5.41, 5.74) is 5.37. The SMILES string of the molecule is Cc1c(C(=O)NCc2ccco2)oc2c1/C(=N/NC(=O)c1ccc(Br)cc1)CCC2. The second-order valence-corrected chi connectivity index (χ2v) is 7.89. The van der Waals surface area contributed by atoms with E-state index >= 15 is 0 Å². The highest BCUT2D eigenvalue weighted by Gasteiger charge is 2.28. The van der Waals surface area contributed by atoms with Crippen molar-refractivity contribution < 1.29 is 18.4 Å². The maximum absolute atomic E-state index is 12.6. The molecule has 0 aliphatic heterocycles. The number of benzene rings is 1. The average Bonchev–Trinajstić information content (AvgIpc) is 3.39. The van der Waals surface area contributed by atoms with E-state index < -0.39 is 0 Å². The summed E-state index contributed by atoms with van der Waals surface area (Å²) >= 11 is 3.35. The number of aryl methyl sites for hydroxylation is 1. The molecule has 2 amide bonds. The summed E-state index contributed by atoms with van der Waals surface area (Å²) in [7, 11) is 0. The van der Waals surface area contributed by atoms with Crippen LogP contribution in [0.4, 0.5) is 0 Å². The summed E-state index contributed by atoms with van der Waals surface area (Å²) < 4.78 is 12.0. The van der Waals surface area contributed by atoms with Crippen molar-refractivity contribution >= 4 is 33.5 Å². The third-order valence-corrected chi connectivity index (χ3v) is 5.46. The molecule has 2 N–H and O–H groups in total. The lowest BCUT2D eigenvalue weighted by atomic mass is 9.93. The molecule has 0 saturated carbocycles. The normalized spacial score (nSPS) is 14.4. The van der Waals surface area contributed by atoms with Crippen LogP contribution >= 0.6 is 15.9 Å². The fourth-order valence-corrected chi connectivity index (χ4v) is 3.71. The highest BCUT2D eigenvalue weighted by atomic mass is 79.9. The summed E-state index contributed by atoms with van der Waals surface area (Å²) in [6.45, 7) is 2.11. The molecule has 2 aromatic heterocycles. The molecule has 30 heavy (non-hydrogen) atoms. The first-order valence-corrected chi connectivity index (χ1v) is 10.4. The van der Waals surface area contributed by atoms with E-state index in [1.54, 1.807) is 42.7 Å². The van der Waals surface area contributed by atoms with Gasteiger partial charge in [0.15, 0.2) is 5.76 Å². The van der Waals surface area contributed by atoms with Gasteiger partial charge in [-0.05, 0) is 56.2 Å². The number of amides is 2. The van der Waals surface area contributed by atoms with Crippen LogP contribution in [0.1, 0.15) is 56.4 Å². The number of nitrogens with zero attached hydrogens (tertiary/aromatic N) is 1. The maximum Gasteiger partial charge on any atom is 0.287 e. The Hall–Kier alpha value is -3.13. The largest absolute Gasteiger partial charge is 0.467 e. The number of fused-ring (bicyclic) bond motifs is 1. The zero-order chi connectivity index (χ0) is 21.1. The smallest absolute Gasteiger partial charge is 0.287 e. The highest BCUT2D eigenvalue weighted by Crippen LogP contribution is 2.30. The average molecular weight is 470 g/mol. The monoisotopic (exact) mass is 469 g/mol. The van der Waals surface area contributed by atoms with E-state index in [9.17, 15) is 9.59 Å². The molecular weight excluding hydrogens is 450 g/mol. The second-order valence-electron chi connectivity index (χ2n) is 6.98. The number of carbonyl (C=O) groups excluding carboxylic acids is 2. The van der Waals surface area contributed by atoms with Gasteiger partial charge in [0.25, 0.3) is 11.8 Å². The van der Waals surface area contributed by atoms with Gasteiger partial charge in [-0.3, -0.25) is 9.59 Å². The predicted octanol–water partition coefficient (Wildman–Crippen LogP) is 4.34. The van der Waals surface area contributed by atoms with Gasteiger partial charge in [-0.15, -0.1) is 0 Å². The van der Waals surface area contributed by atoms with Gasteiger partial charge in [-0.2, -0.15) is 5.10 Å². The van der Waals surface area contributed by atoms with E-state index in [1.807, 2.05) is 6.92 Å². The van der Waals surface area contributed by atoms with Gasteiger partial charge in [0.1, 0.15) is 11.5 Å². The molecule has 3 aromatic rings. The molecule has 0 radical (unpaired) electrons. The van der Waals surface area contributed by atoms with E-state index in [1.165, 1.54) is 0 Å². The predicted molar refractivity (Wildman–Crippen MR) is 114 cm³/mol. The van der Waals surface area contributed by atoms with Gasteiger partial charge in [0, 0.05) is 27.6 Å². The van der Waals surface area contributed by atoms with Gasteiger partial charge in [-0.1, -0.05) is 15.9 Å². The number of rotatable bonds is 5. The standard InChI is InChI=1S/C22H20BrN3O4/c1-13-19-17(25-26-21(27)14-7-9-15(23)10-8-14)5-2-6-18(19)30-20(13)22(28)24-12-16-4-3-11-29-16/h3-4,7-11H,2,5-6,12H2,1H3,(H,24,28)(H,26,27)/b25-17+. The summed E-state index contributed by atoms with van der Waals surface area (Å²) in [4.78, 5) is 25.0. The molecule has 0 atom stereocenters. The van der Waals surface area contributed by atoms with Gasteiger partial charge >= 0.3 is 0 Å². The van der Waals surface area contributed by atoms with E-state index in [4.69, 9.17) is 8.83 Å². The summed E-state index contributed by atoms with van der Waals surface area (Å²) in [5, 5.41) is 7.14. The quantitative estimate of drug-likeness (QED) is 0.542. The number of halogens is 1. The van der Waals surface area contributed by atoms with E-state index in [2.05, 4.69) is 31.8 Å². The molecule has 1 aliphatic rings. The van der Waals surface area contributed by atoms with Crippen LogP contribution in [0.15, 0.2) is 61.1 Å². The van der Waals surface area contributed by atoms with Crippen molar-refractivity contribution in [1.82, 2.24) is 10.7 Å². The van der Waals surface area contributed by atoms with E-state index in [0.29, 0.717) is 23.5 Å². The molecule has 4 rings (SSSR count). The van der Waals surface area contributed by atoms with Gasteiger partial charge in [0.2, 0.25) is 0 Å². The highest BCUT2D eigenvalue weighted by molar-refractivity contribution is 9.10. The van der Waals surface area contributed by atoms with Crippen LogP contribution in [0.3, 0.4) is 0 Å². The van der Waals surface area contributed by atoms with Crippen LogP contribution in [0, 0.1) is 6.92 Å². The lowest BCUT2D eigenvalue weighted by Crippen LogP contribution is -2.23. The maximum atomic E-state index is 12.6. The Labute approximate surface area is 181 Å². The molecule has 0 spiro atoms. The lowest BCUT2D eigenvalue weighted by Gasteiger charge is -2.13. The number of hydrazone groups is 1. The van der Waals surface area contributed by atoms with Crippen molar-refractivity contribution in [3.8, 4) is 0 Å². The Morgan fingerprint density at radius 3 is 2.67 bits per heavy atom. The molecule has 0 bridgehead atoms. The number of hydrogen-bond donors (Lipinski definition) is 2. The summed E-state index contributed by atoms with van der Waals surface area (Å²) in [5.74, 6) is 1.05. The Kier molecular flexibility index (Phi) is 5.85. The first kappa shape index (κ1) is 20.2. The molecule has 154 valence electrons. The molecule has 1 aromatic carbocycles. The van der Waals surface area contributed by atoms with Crippen molar-refractivity contribution in [1.29, 1.82) is 0 Å². The van der Waals surface area contributed by atoms with Gasteiger partial charge in [0.05, 0.1) is 18.5 Å². The molecule has 0 fully saturated rings. The third kappa shape index (κ3) is 4.23. The minimum absolute atomic E-state index is 0.264. The lowest BCUT2D eigenvalue weighted by molar-refractivity contribution is 0.0916. The minimum atomic E-state index is -0.309. The van der Waals surface area contributed by atoms with Crippen LogP contribution in [-0.4, -0.2) is 17.5 Å². The molecule has 0 unspecified atom stereocenters. The fraction of sp³-hybridized carbons (Fsp3) is 0.227. The second kappa shape index (κ2) is 8.71. The Balaban J connectivity index is 1.51. The van der Waals surface area contributed by atoms with Gasteiger partial charge < -0.3 is 14.2 Å². The van der Waals surface area contributed by atoms with E-state index in [-0.39, 0.29) is 24.1 Å². The number of carbonyl (C=O) groups is 2. The molecule has 7 nitrogen and oxygen atoms in total. The van der Waals surface area contributed by atoms with Gasteiger partial charge in [-0.25, -0.2) is 5.43 Å². The molecular formula is C22H20BrN3O4. The molecule has 2 heterocycles. The zero-order valence-corrected chi connectivity index (χ0v) is 17.9. The Morgan fingerprint density at radius 1 is 1.13 bits per heavy atom. The van der Waals surface area contributed by atoms with Crippen molar-refractivity contribution in [3.63, 3.8) is 0 Å². The third-order valence-electron chi connectivity index (χ3n) is 4.93. The molecule has 0 saturated heterocycles. The number of furan rings is 2. The topological polar surface area (TPSA) is 96.8 Å². The van der Waals surface area contributed by atoms with Crippen molar-refractivity contribution in [2.24, 2.45) is 5.10 Å². The zero-order valence-electron chi connectivity index (χ0n) is 16.3. The van der Waals surface area contributed by atoms with Crippen LogP contribution in [0.2, 0.25) is 0 Å². The number of hydrogen-bond acceptors (Lipinski definition) is 5. The summed E-state index contributed by atoms with van der Waals surface area (Å²) in [6.07, 6.45) is 3.81. The van der Waals surface area contributed by atoms with Crippen molar-refractivity contribution in [3.05, 3.63) is 81.1 Å². The number of nitrogens with one attached hydrogen (secondary N) is 2. The summed E-state index contributed by atoms with van der Waals surface area (Å²) in [6, 6.07) is 10.6.